The van der Waals surface area contributed by atoms with Gasteiger partial charge in [0, 0.05) is 30.5 Å². The SMILES string of the molecule is C=CCNc1cncc(C(=O)NCCc2cccc(Cl)c2)c1. The fraction of sp³-hybridized carbons (Fsp3) is 0.176. The third kappa shape index (κ3) is 4.90. The van der Waals surface area contributed by atoms with E-state index >= 15 is 0 Å². The van der Waals surface area contributed by atoms with Crippen LogP contribution in [-0.2, 0) is 6.42 Å². The van der Waals surface area contributed by atoms with Crippen LogP contribution in [-0.4, -0.2) is 24.0 Å². The van der Waals surface area contributed by atoms with Crippen LogP contribution in [0.5, 0.6) is 0 Å². The first-order valence-electron chi connectivity index (χ1n) is 7.01. The van der Waals surface area contributed by atoms with Gasteiger partial charge in [-0.05, 0) is 30.2 Å². The minimum Gasteiger partial charge on any atom is -0.380 e. The summed E-state index contributed by atoms with van der Waals surface area (Å²) in [4.78, 5) is 16.2. The summed E-state index contributed by atoms with van der Waals surface area (Å²) in [6.45, 7) is 4.81. The molecule has 0 atom stereocenters. The van der Waals surface area contributed by atoms with Crippen molar-refractivity contribution in [3.63, 3.8) is 0 Å². The molecule has 22 heavy (non-hydrogen) atoms. The Hall–Kier alpha value is -2.33. The Balaban J connectivity index is 1.88. The van der Waals surface area contributed by atoms with Crippen molar-refractivity contribution in [2.24, 2.45) is 0 Å². The average Bonchev–Trinajstić information content (AvgIpc) is 2.53. The highest BCUT2D eigenvalue weighted by molar-refractivity contribution is 6.30. The van der Waals surface area contributed by atoms with Crippen LogP contribution in [0.3, 0.4) is 0 Å². The Morgan fingerprint density at radius 1 is 1.32 bits per heavy atom. The lowest BCUT2D eigenvalue weighted by Crippen LogP contribution is -2.25. The second-order valence-corrected chi connectivity index (χ2v) is 5.20. The van der Waals surface area contributed by atoms with Crippen LogP contribution in [0.2, 0.25) is 5.02 Å². The molecule has 1 heterocycles. The minimum atomic E-state index is -0.142. The smallest absolute Gasteiger partial charge is 0.252 e. The van der Waals surface area contributed by atoms with Crippen LogP contribution >= 0.6 is 11.6 Å². The van der Waals surface area contributed by atoms with Gasteiger partial charge in [0.1, 0.15) is 0 Å². The maximum Gasteiger partial charge on any atom is 0.252 e. The molecule has 5 heteroatoms. The molecular weight excluding hydrogens is 298 g/mol. The van der Waals surface area contributed by atoms with Crippen LogP contribution in [0.1, 0.15) is 15.9 Å². The number of aromatic nitrogens is 1. The molecule has 0 aliphatic heterocycles. The molecule has 0 unspecified atom stereocenters. The van der Waals surface area contributed by atoms with Crippen LogP contribution in [0.25, 0.3) is 0 Å². The van der Waals surface area contributed by atoms with Crippen molar-refractivity contribution in [2.45, 2.75) is 6.42 Å². The van der Waals surface area contributed by atoms with Gasteiger partial charge >= 0.3 is 0 Å². The first-order chi connectivity index (χ1) is 10.7. The van der Waals surface area contributed by atoms with Gasteiger partial charge in [-0.1, -0.05) is 29.8 Å². The van der Waals surface area contributed by atoms with Crippen LogP contribution < -0.4 is 10.6 Å². The number of rotatable bonds is 7. The summed E-state index contributed by atoms with van der Waals surface area (Å²) in [7, 11) is 0. The van der Waals surface area contributed by atoms with Crippen molar-refractivity contribution >= 4 is 23.2 Å². The molecule has 114 valence electrons. The fourth-order valence-electron chi connectivity index (χ4n) is 1.97. The number of halogens is 1. The molecule has 0 saturated heterocycles. The second kappa shape index (κ2) is 8.20. The van der Waals surface area contributed by atoms with Gasteiger partial charge in [0.15, 0.2) is 0 Å². The van der Waals surface area contributed by atoms with Gasteiger partial charge in [-0.15, -0.1) is 6.58 Å². The molecule has 0 radical (unpaired) electrons. The zero-order valence-electron chi connectivity index (χ0n) is 12.2. The topological polar surface area (TPSA) is 54.0 Å². The van der Waals surface area contributed by atoms with Gasteiger partial charge in [0.25, 0.3) is 5.91 Å². The first-order valence-corrected chi connectivity index (χ1v) is 7.39. The quantitative estimate of drug-likeness (QED) is 0.771. The Morgan fingerprint density at radius 3 is 2.95 bits per heavy atom. The van der Waals surface area contributed by atoms with Crippen LogP contribution in [0.4, 0.5) is 5.69 Å². The second-order valence-electron chi connectivity index (χ2n) is 4.77. The molecule has 1 amide bonds. The summed E-state index contributed by atoms with van der Waals surface area (Å²) in [6.07, 6.45) is 5.70. The number of benzene rings is 1. The van der Waals surface area contributed by atoms with E-state index in [0.717, 1.165) is 17.7 Å². The van der Waals surface area contributed by atoms with E-state index in [1.54, 1.807) is 24.5 Å². The van der Waals surface area contributed by atoms with E-state index in [9.17, 15) is 4.79 Å². The molecule has 0 fully saturated rings. The van der Waals surface area contributed by atoms with Crippen LogP contribution in [0.15, 0.2) is 55.4 Å². The monoisotopic (exact) mass is 315 g/mol. The predicted molar refractivity (Wildman–Crippen MR) is 90.4 cm³/mol. The lowest BCUT2D eigenvalue weighted by atomic mass is 10.1. The zero-order chi connectivity index (χ0) is 15.8. The van der Waals surface area contributed by atoms with E-state index in [1.807, 2.05) is 24.3 Å². The van der Waals surface area contributed by atoms with Crippen molar-refractivity contribution in [3.8, 4) is 0 Å². The van der Waals surface area contributed by atoms with Crippen molar-refractivity contribution in [1.82, 2.24) is 10.3 Å². The van der Waals surface area contributed by atoms with E-state index < -0.39 is 0 Å². The molecule has 4 nitrogen and oxygen atoms in total. The number of carbonyl (C=O) groups is 1. The van der Waals surface area contributed by atoms with Crippen LogP contribution in [0, 0.1) is 0 Å². The number of pyridine rings is 1. The highest BCUT2D eigenvalue weighted by Gasteiger charge is 2.06. The van der Waals surface area contributed by atoms with Gasteiger partial charge < -0.3 is 10.6 Å². The van der Waals surface area contributed by atoms with Crippen molar-refractivity contribution in [2.75, 3.05) is 18.4 Å². The molecule has 0 spiro atoms. The van der Waals surface area contributed by atoms with E-state index in [-0.39, 0.29) is 5.91 Å². The van der Waals surface area contributed by atoms with Crippen molar-refractivity contribution in [1.29, 1.82) is 0 Å². The largest absolute Gasteiger partial charge is 0.380 e. The Labute approximate surface area is 135 Å². The lowest BCUT2D eigenvalue weighted by molar-refractivity contribution is 0.0954. The van der Waals surface area contributed by atoms with E-state index in [1.165, 1.54) is 0 Å². The normalized spacial score (nSPS) is 10.0. The Bertz CT molecular complexity index is 658. The molecule has 2 N–H and O–H groups in total. The first kappa shape index (κ1) is 16.0. The summed E-state index contributed by atoms with van der Waals surface area (Å²) in [5.41, 5.74) is 2.41. The maximum absolute atomic E-state index is 12.1. The third-order valence-electron chi connectivity index (χ3n) is 3.04. The standard InChI is InChI=1S/C17H18ClN3O/c1-2-7-20-16-10-14(11-19-12-16)17(22)21-8-6-13-4-3-5-15(18)9-13/h2-5,9-12,20H,1,6-8H2,(H,21,22). The number of anilines is 1. The maximum atomic E-state index is 12.1. The average molecular weight is 316 g/mol. The number of carbonyl (C=O) groups excluding carboxylic acids is 1. The molecule has 0 saturated carbocycles. The summed E-state index contributed by atoms with van der Waals surface area (Å²) in [5, 5.41) is 6.69. The van der Waals surface area contributed by atoms with Crippen molar-refractivity contribution < 1.29 is 4.79 Å². The fourth-order valence-corrected chi connectivity index (χ4v) is 2.18. The van der Waals surface area contributed by atoms with E-state index in [4.69, 9.17) is 11.6 Å². The van der Waals surface area contributed by atoms with Gasteiger partial charge in [-0.25, -0.2) is 0 Å². The van der Waals surface area contributed by atoms with Gasteiger partial charge in [-0.3, -0.25) is 9.78 Å². The molecule has 2 aromatic rings. The molecule has 1 aromatic heterocycles. The van der Waals surface area contributed by atoms with Gasteiger partial charge in [-0.2, -0.15) is 0 Å². The molecule has 1 aromatic carbocycles. The number of nitrogens with zero attached hydrogens (tertiary/aromatic N) is 1. The Morgan fingerprint density at radius 2 is 2.18 bits per heavy atom. The lowest BCUT2D eigenvalue weighted by Gasteiger charge is -2.07. The number of hydrogen-bond donors (Lipinski definition) is 2. The van der Waals surface area contributed by atoms with E-state index in [0.29, 0.717) is 23.7 Å². The van der Waals surface area contributed by atoms with Gasteiger partial charge in [0.2, 0.25) is 0 Å². The molecule has 0 bridgehead atoms. The number of nitrogens with one attached hydrogen (secondary N) is 2. The zero-order valence-corrected chi connectivity index (χ0v) is 12.9. The minimum absolute atomic E-state index is 0.142. The third-order valence-corrected chi connectivity index (χ3v) is 3.27. The summed E-state index contributed by atoms with van der Waals surface area (Å²) in [5.74, 6) is -0.142. The summed E-state index contributed by atoms with van der Waals surface area (Å²) >= 11 is 5.93. The molecule has 2 rings (SSSR count). The molecular formula is C17H18ClN3O. The van der Waals surface area contributed by atoms with Crippen molar-refractivity contribution in [3.05, 3.63) is 71.5 Å². The highest BCUT2D eigenvalue weighted by atomic mass is 35.5. The summed E-state index contributed by atoms with van der Waals surface area (Å²) in [6, 6.07) is 9.38. The van der Waals surface area contributed by atoms with E-state index in [2.05, 4.69) is 22.2 Å². The highest BCUT2D eigenvalue weighted by Crippen LogP contribution is 2.11. The number of amides is 1. The molecule has 0 aliphatic rings. The number of hydrogen-bond acceptors (Lipinski definition) is 3. The predicted octanol–water partition coefficient (Wildman–Crippen LogP) is 3.31. The summed E-state index contributed by atoms with van der Waals surface area (Å²) < 4.78 is 0. The molecule has 0 aliphatic carbocycles. The Kier molecular flexibility index (Phi) is 5.98. The van der Waals surface area contributed by atoms with Gasteiger partial charge in [0.05, 0.1) is 11.3 Å².